The third kappa shape index (κ3) is 5.18. The summed E-state index contributed by atoms with van der Waals surface area (Å²) in [5.74, 6) is -0.416. The predicted octanol–water partition coefficient (Wildman–Crippen LogP) is 6.82. The van der Waals surface area contributed by atoms with E-state index in [1.807, 2.05) is 47.8 Å². The molecule has 2 aromatic carbocycles. The van der Waals surface area contributed by atoms with Crippen LogP contribution in [0.3, 0.4) is 0 Å². The highest BCUT2D eigenvalue weighted by atomic mass is 127. The topological polar surface area (TPSA) is 65.8 Å². The summed E-state index contributed by atoms with van der Waals surface area (Å²) in [5.41, 5.74) is 3.26. The predicted molar refractivity (Wildman–Crippen MR) is 136 cm³/mol. The first-order valence-corrected chi connectivity index (χ1v) is 12.4. The molecule has 0 atom stereocenters. The average molecular weight is 571 g/mol. The van der Waals surface area contributed by atoms with Crippen molar-refractivity contribution in [3.05, 3.63) is 87.1 Å². The Bertz CT molecular complexity index is 1300. The Morgan fingerprint density at radius 2 is 1.94 bits per heavy atom. The van der Waals surface area contributed by atoms with Crippen LogP contribution in [-0.4, -0.2) is 16.6 Å². The number of nitrogens with one attached hydrogen (secondary N) is 1. The third-order valence-electron chi connectivity index (χ3n) is 4.51. The molecule has 0 fully saturated rings. The molecule has 0 aliphatic rings. The maximum atomic E-state index is 13.4. The number of thiophene rings is 1. The Labute approximate surface area is 206 Å². The van der Waals surface area contributed by atoms with E-state index in [4.69, 9.17) is 0 Å². The number of amides is 1. The molecular formula is C24H15FIN3OS2. The van der Waals surface area contributed by atoms with Gasteiger partial charge in [-0.15, -0.1) is 11.3 Å². The van der Waals surface area contributed by atoms with Gasteiger partial charge in [-0.1, -0.05) is 30.0 Å². The molecule has 0 aliphatic carbocycles. The minimum Gasteiger partial charge on any atom is -0.324 e. The van der Waals surface area contributed by atoms with Crippen LogP contribution in [0.2, 0.25) is 0 Å². The van der Waals surface area contributed by atoms with Crippen LogP contribution in [0.5, 0.6) is 0 Å². The molecule has 0 bridgehead atoms. The van der Waals surface area contributed by atoms with Crippen molar-refractivity contribution in [1.82, 2.24) is 4.98 Å². The Morgan fingerprint density at radius 3 is 2.62 bits per heavy atom. The van der Waals surface area contributed by atoms with Gasteiger partial charge in [-0.2, -0.15) is 5.26 Å². The molecule has 1 amide bonds. The summed E-state index contributed by atoms with van der Waals surface area (Å²) in [5, 5.41) is 15.2. The lowest BCUT2D eigenvalue weighted by Crippen LogP contribution is -2.15. The summed E-state index contributed by atoms with van der Waals surface area (Å²) < 4.78 is 14.4. The highest BCUT2D eigenvalue weighted by molar-refractivity contribution is 14.1. The van der Waals surface area contributed by atoms with E-state index in [0.29, 0.717) is 16.3 Å². The summed E-state index contributed by atoms with van der Waals surface area (Å²) in [4.78, 5) is 18.1. The summed E-state index contributed by atoms with van der Waals surface area (Å²) >= 11 is 4.90. The molecule has 2 heterocycles. The number of thioether (sulfide) groups is 1. The van der Waals surface area contributed by atoms with Crippen LogP contribution in [0.15, 0.2) is 77.1 Å². The Hall–Kier alpha value is -2.74. The van der Waals surface area contributed by atoms with Crippen molar-refractivity contribution < 1.29 is 9.18 Å². The molecular weight excluding hydrogens is 556 g/mol. The van der Waals surface area contributed by atoms with E-state index in [1.54, 1.807) is 12.1 Å². The minimum atomic E-state index is -0.331. The van der Waals surface area contributed by atoms with E-state index >= 15 is 0 Å². The summed E-state index contributed by atoms with van der Waals surface area (Å²) in [6.45, 7) is 0. The monoisotopic (exact) mass is 571 g/mol. The number of benzene rings is 2. The number of nitriles is 1. The van der Waals surface area contributed by atoms with Crippen molar-refractivity contribution in [1.29, 1.82) is 5.26 Å². The first-order valence-electron chi connectivity index (χ1n) is 9.47. The lowest BCUT2D eigenvalue weighted by atomic mass is 10.0. The molecule has 0 spiro atoms. The van der Waals surface area contributed by atoms with Crippen LogP contribution in [0.1, 0.15) is 5.56 Å². The van der Waals surface area contributed by atoms with E-state index in [2.05, 4.69) is 39.0 Å². The van der Waals surface area contributed by atoms with Gasteiger partial charge < -0.3 is 5.32 Å². The smallest absolute Gasteiger partial charge is 0.234 e. The van der Waals surface area contributed by atoms with E-state index in [1.165, 1.54) is 35.2 Å². The lowest BCUT2D eigenvalue weighted by molar-refractivity contribution is -0.113. The van der Waals surface area contributed by atoms with E-state index < -0.39 is 0 Å². The van der Waals surface area contributed by atoms with Crippen LogP contribution < -0.4 is 5.32 Å². The molecule has 0 unspecified atom stereocenters. The van der Waals surface area contributed by atoms with Crippen molar-refractivity contribution >= 4 is 57.3 Å². The summed E-state index contributed by atoms with van der Waals surface area (Å²) in [6.07, 6.45) is 0. The Kier molecular flexibility index (Phi) is 7.19. The maximum absolute atomic E-state index is 13.4. The minimum absolute atomic E-state index is 0.101. The second kappa shape index (κ2) is 10.3. The highest BCUT2D eigenvalue weighted by Gasteiger charge is 2.18. The zero-order valence-electron chi connectivity index (χ0n) is 16.5. The van der Waals surface area contributed by atoms with Crippen molar-refractivity contribution in [2.75, 3.05) is 11.1 Å². The number of carbonyl (C=O) groups excluding carboxylic acids is 1. The quantitative estimate of drug-likeness (QED) is 0.204. The van der Waals surface area contributed by atoms with E-state index in [9.17, 15) is 14.4 Å². The van der Waals surface area contributed by atoms with Gasteiger partial charge in [0.2, 0.25) is 5.91 Å². The van der Waals surface area contributed by atoms with Gasteiger partial charge in [-0.05, 0) is 76.5 Å². The van der Waals surface area contributed by atoms with Crippen LogP contribution in [0, 0.1) is 20.7 Å². The second-order valence-electron chi connectivity index (χ2n) is 6.65. The highest BCUT2D eigenvalue weighted by Crippen LogP contribution is 2.36. The molecule has 0 saturated carbocycles. The van der Waals surface area contributed by atoms with Gasteiger partial charge in [0.15, 0.2) is 0 Å². The molecule has 0 saturated heterocycles. The first kappa shape index (κ1) is 22.5. The Balaban J connectivity index is 1.67. The summed E-state index contributed by atoms with van der Waals surface area (Å²) in [6, 6.07) is 21.5. The molecule has 8 heteroatoms. The molecule has 4 nitrogen and oxygen atoms in total. The largest absolute Gasteiger partial charge is 0.324 e. The fourth-order valence-corrected chi connectivity index (χ4v) is 5.09. The van der Waals surface area contributed by atoms with Gasteiger partial charge in [-0.3, -0.25) is 4.79 Å². The van der Waals surface area contributed by atoms with Crippen molar-refractivity contribution in [2.24, 2.45) is 0 Å². The molecule has 2 aromatic heterocycles. The standard InChI is InChI=1S/C24H15FIN3OS2/c25-16-9-7-15(8-10-16)21-12-17(22-6-3-11-31-22)18(13-27)24(29-21)32-14-23(30)28-20-5-2-1-4-19(20)26/h1-12H,14H2,(H,28,30). The van der Waals surface area contributed by atoms with Crippen molar-refractivity contribution in [3.8, 4) is 27.8 Å². The molecule has 1 N–H and O–H groups in total. The number of anilines is 1. The maximum Gasteiger partial charge on any atom is 0.234 e. The number of pyridine rings is 1. The van der Waals surface area contributed by atoms with Crippen LogP contribution in [0.4, 0.5) is 10.1 Å². The van der Waals surface area contributed by atoms with E-state index in [0.717, 1.165) is 25.3 Å². The number of carbonyl (C=O) groups is 1. The number of halogens is 2. The van der Waals surface area contributed by atoms with Crippen LogP contribution in [-0.2, 0) is 4.79 Å². The zero-order chi connectivity index (χ0) is 22.5. The number of hydrogen-bond donors (Lipinski definition) is 1. The number of aromatic nitrogens is 1. The van der Waals surface area contributed by atoms with Gasteiger partial charge in [-0.25, -0.2) is 9.37 Å². The van der Waals surface area contributed by atoms with Gasteiger partial charge in [0.1, 0.15) is 16.9 Å². The third-order valence-corrected chi connectivity index (χ3v) is 7.33. The number of rotatable bonds is 6. The molecule has 32 heavy (non-hydrogen) atoms. The van der Waals surface area contributed by atoms with Gasteiger partial charge >= 0.3 is 0 Å². The van der Waals surface area contributed by atoms with Crippen molar-refractivity contribution in [2.45, 2.75) is 5.03 Å². The normalized spacial score (nSPS) is 10.5. The number of nitrogens with zero attached hydrogens (tertiary/aromatic N) is 2. The zero-order valence-corrected chi connectivity index (χ0v) is 20.3. The molecule has 0 radical (unpaired) electrons. The van der Waals surface area contributed by atoms with Crippen LogP contribution in [0.25, 0.3) is 21.7 Å². The number of hydrogen-bond acceptors (Lipinski definition) is 5. The molecule has 158 valence electrons. The van der Waals surface area contributed by atoms with Crippen molar-refractivity contribution in [3.63, 3.8) is 0 Å². The fourth-order valence-electron chi connectivity index (χ4n) is 3.01. The van der Waals surface area contributed by atoms with Gasteiger partial charge in [0, 0.05) is 19.6 Å². The second-order valence-corrected chi connectivity index (χ2v) is 9.72. The average Bonchev–Trinajstić information content (AvgIpc) is 3.34. The van der Waals surface area contributed by atoms with Gasteiger partial charge in [0.05, 0.1) is 22.7 Å². The molecule has 0 aliphatic heterocycles. The first-order chi connectivity index (χ1) is 15.5. The molecule has 4 rings (SSSR count). The number of para-hydroxylation sites is 1. The lowest BCUT2D eigenvalue weighted by Gasteiger charge is -2.12. The summed E-state index contributed by atoms with van der Waals surface area (Å²) in [7, 11) is 0. The van der Waals surface area contributed by atoms with E-state index in [-0.39, 0.29) is 17.5 Å². The van der Waals surface area contributed by atoms with Crippen LogP contribution >= 0.6 is 45.7 Å². The Morgan fingerprint density at radius 1 is 1.16 bits per heavy atom. The SMILES string of the molecule is N#Cc1c(-c2cccs2)cc(-c2ccc(F)cc2)nc1SCC(=O)Nc1ccccc1I. The van der Waals surface area contributed by atoms with Gasteiger partial charge in [0.25, 0.3) is 0 Å². The molecule has 4 aromatic rings. The fraction of sp³-hybridized carbons (Fsp3) is 0.0417.